The van der Waals surface area contributed by atoms with Crippen LogP contribution in [0.2, 0.25) is 0 Å². The molecule has 87 valence electrons. The van der Waals surface area contributed by atoms with E-state index in [-0.39, 0.29) is 10.7 Å². The van der Waals surface area contributed by atoms with Gasteiger partial charge in [-0.05, 0) is 31.2 Å². The lowest BCUT2D eigenvalue weighted by atomic mass is 10.2. The fourth-order valence-corrected chi connectivity index (χ4v) is 2.30. The molecule has 0 saturated heterocycles. The van der Waals surface area contributed by atoms with Crippen molar-refractivity contribution < 1.29 is 8.42 Å². The third-order valence-electron chi connectivity index (χ3n) is 2.19. The molecule has 0 atom stereocenters. The number of sulfonamides is 1. The van der Waals surface area contributed by atoms with E-state index in [2.05, 4.69) is 15.8 Å². The van der Waals surface area contributed by atoms with Crippen LogP contribution in [0.4, 0.5) is 5.82 Å². The Kier molecular flexibility index (Phi) is 3.10. The fourth-order valence-electron chi connectivity index (χ4n) is 1.29. The van der Waals surface area contributed by atoms with Crippen LogP contribution in [0.15, 0.2) is 47.5 Å². The number of hydrogen-bond acceptors (Lipinski definition) is 3. The number of pyridine rings is 1. The number of nitrogens with one attached hydrogen (secondary N) is 1. The Morgan fingerprint density at radius 2 is 1.88 bits per heavy atom. The molecule has 0 aliphatic carbocycles. The first-order chi connectivity index (χ1) is 8.08. The van der Waals surface area contributed by atoms with Crippen LogP contribution in [0.5, 0.6) is 0 Å². The lowest BCUT2D eigenvalue weighted by Crippen LogP contribution is -2.13. The van der Waals surface area contributed by atoms with Gasteiger partial charge >= 0.3 is 0 Å². The van der Waals surface area contributed by atoms with Gasteiger partial charge in [0.15, 0.2) is 0 Å². The van der Waals surface area contributed by atoms with E-state index in [0.717, 1.165) is 5.56 Å². The molecular weight excluding hydrogens is 236 g/mol. The summed E-state index contributed by atoms with van der Waals surface area (Å²) in [4.78, 5) is 4.08. The zero-order chi connectivity index (χ0) is 12.3. The van der Waals surface area contributed by atoms with E-state index in [4.69, 9.17) is 0 Å². The summed E-state index contributed by atoms with van der Waals surface area (Å²) in [5.41, 5.74) is 1.01. The summed E-state index contributed by atoms with van der Waals surface area (Å²) in [6.45, 7) is 1.90. The maximum atomic E-state index is 12.0. The number of aromatic nitrogens is 1. The second-order valence-electron chi connectivity index (χ2n) is 3.56. The van der Waals surface area contributed by atoms with Crippen molar-refractivity contribution in [3.63, 3.8) is 0 Å². The van der Waals surface area contributed by atoms with Crippen molar-refractivity contribution >= 4 is 15.8 Å². The number of benzene rings is 1. The Balaban J connectivity index is 2.29. The standard InChI is InChI=1S/C12H11N2O2S/c1-10-5-7-11(8-6-10)17(15,16)14-12-4-2-3-9-13-12/h2,4-9H,1H3,(H,13,14). The fraction of sp³-hybridized carbons (Fsp3) is 0.0833. The van der Waals surface area contributed by atoms with Crippen molar-refractivity contribution in [3.05, 3.63) is 54.2 Å². The van der Waals surface area contributed by atoms with Crippen LogP contribution in [-0.2, 0) is 10.0 Å². The minimum Gasteiger partial charge on any atom is -0.263 e. The first-order valence-corrected chi connectivity index (χ1v) is 6.48. The van der Waals surface area contributed by atoms with Gasteiger partial charge in [0.1, 0.15) is 5.82 Å². The molecule has 1 heterocycles. The van der Waals surface area contributed by atoms with Crippen molar-refractivity contribution in [1.29, 1.82) is 0 Å². The van der Waals surface area contributed by atoms with Crippen LogP contribution < -0.4 is 4.72 Å². The second-order valence-corrected chi connectivity index (χ2v) is 5.24. The maximum absolute atomic E-state index is 12.0. The highest BCUT2D eigenvalue weighted by Crippen LogP contribution is 2.14. The lowest BCUT2D eigenvalue weighted by molar-refractivity contribution is 0.601. The van der Waals surface area contributed by atoms with Crippen LogP contribution >= 0.6 is 0 Å². The van der Waals surface area contributed by atoms with Crippen LogP contribution in [0.3, 0.4) is 0 Å². The van der Waals surface area contributed by atoms with Gasteiger partial charge in [0.2, 0.25) is 0 Å². The van der Waals surface area contributed by atoms with E-state index >= 15 is 0 Å². The molecule has 0 aliphatic rings. The molecule has 0 saturated carbocycles. The van der Waals surface area contributed by atoms with E-state index in [1.807, 2.05) is 6.92 Å². The zero-order valence-electron chi connectivity index (χ0n) is 9.21. The molecule has 1 radical (unpaired) electrons. The molecule has 0 bridgehead atoms. The molecule has 1 aromatic carbocycles. The maximum Gasteiger partial charge on any atom is 0.263 e. The molecule has 2 rings (SSSR count). The topological polar surface area (TPSA) is 59.1 Å². The Hall–Kier alpha value is -1.88. The first kappa shape index (κ1) is 11.6. The molecule has 0 unspecified atom stereocenters. The number of anilines is 1. The second kappa shape index (κ2) is 4.55. The third-order valence-corrected chi connectivity index (χ3v) is 3.56. The summed E-state index contributed by atoms with van der Waals surface area (Å²) in [5.74, 6) is 0.282. The van der Waals surface area contributed by atoms with Gasteiger partial charge in [0.05, 0.1) is 4.90 Å². The zero-order valence-corrected chi connectivity index (χ0v) is 10.0. The average Bonchev–Trinajstić information content (AvgIpc) is 2.30. The highest BCUT2D eigenvalue weighted by molar-refractivity contribution is 7.92. The minimum absolute atomic E-state index is 0.220. The Labute approximate surface area is 100 Å². The molecule has 17 heavy (non-hydrogen) atoms. The van der Waals surface area contributed by atoms with Crippen LogP contribution in [0.25, 0.3) is 0 Å². The number of aryl methyl sites for hydroxylation is 1. The summed E-state index contributed by atoms with van der Waals surface area (Å²) in [5, 5.41) is 0. The van der Waals surface area contributed by atoms with Gasteiger partial charge < -0.3 is 0 Å². The Morgan fingerprint density at radius 3 is 2.47 bits per heavy atom. The monoisotopic (exact) mass is 247 g/mol. The average molecular weight is 247 g/mol. The summed E-state index contributed by atoms with van der Waals surface area (Å²) >= 11 is 0. The van der Waals surface area contributed by atoms with Crippen LogP contribution in [0.1, 0.15) is 5.56 Å². The number of nitrogens with zero attached hydrogens (tertiary/aromatic N) is 1. The highest BCUT2D eigenvalue weighted by atomic mass is 32.2. The SMILES string of the molecule is Cc1ccc(S(=O)(=O)Nc2cc[c]cn2)cc1. The number of hydrogen-bond donors (Lipinski definition) is 1. The molecule has 4 nitrogen and oxygen atoms in total. The van der Waals surface area contributed by atoms with Gasteiger partial charge in [0, 0.05) is 12.3 Å². The molecule has 5 heteroatoms. The van der Waals surface area contributed by atoms with Gasteiger partial charge in [-0.15, -0.1) is 0 Å². The van der Waals surface area contributed by atoms with Gasteiger partial charge in [-0.25, -0.2) is 13.4 Å². The van der Waals surface area contributed by atoms with E-state index in [0.29, 0.717) is 0 Å². The van der Waals surface area contributed by atoms with Gasteiger partial charge in [-0.2, -0.15) is 0 Å². The van der Waals surface area contributed by atoms with Crippen LogP contribution in [-0.4, -0.2) is 13.4 Å². The third kappa shape index (κ3) is 2.82. The van der Waals surface area contributed by atoms with Crippen molar-refractivity contribution in [2.24, 2.45) is 0 Å². The predicted octanol–water partition coefficient (Wildman–Crippen LogP) is 1.99. The predicted molar refractivity (Wildman–Crippen MR) is 65.1 cm³/mol. The molecule has 0 amide bonds. The van der Waals surface area contributed by atoms with Gasteiger partial charge in [-0.3, -0.25) is 4.72 Å². The van der Waals surface area contributed by atoms with Crippen molar-refractivity contribution in [3.8, 4) is 0 Å². The molecule has 0 fully saturated rings. The normalized spacial score (nSPS) is 11.1. The molecule has 1 N–H and O–H groups in total. The highest BCUT2D eigenvalue weighted by Gasteiger charge is 2.13. The Morgan fingerprint density at radius 1 is 1.18 bits per heavy atom. The molecular formula is C12H11N2O2S. The summed E-state index contributed by atoms with van der Waals surface area (Å²) in [7, 11) is -3.56. The van der Waals surface area contributed by atoms with Crippen LogP contribution in [0, 0.1) is 13.0 Å². The largest absolute Gasteiger partial charge is 0.263 e. The molecule has 0 aliphatic heterocycles. The molecule has 2 aromatic rings. The number of rotatable bonds is 3. The van der Waals surface area contributed by atoms with Crippen molar-refractivity contribution in [2.75, 3.05) is 4.72 Å². The summed E-state index contributed by atoms with van der Waals surface area (Å²) in [6.07, 6.45) is 1.41. The molecule has 0 spiro atoms. The van der Waals surface area contributed by atoms with Crippen molar-refractivity contribution in [2.45, 2.75) is 11.8 Å². The van der Waals surface area contributed by atoms with Crippen molar-refractivity contribution in [1.82, 2.24) is 4.98 Å². The Bertz CT molecular complexity index is 592. The molecule has 1 aromatic heterocycles. The quantitative estimate of drug-likeness (QED) is 0.902. The summed E-state index contributed by atoms with van der Waals surface area (Å²) < 4.78 is 26.3. The lowest BCUT2D eigenvalue weighted by Gasteiger charge is -2.06. The van der Waals surface area contributed by atoms with E-state index in [9.17, 15) is 8.42 Å². The van der Waals surface area contributed by atoms with E-state index < -0.39 is 10.0 Å². The van der Waals surface area contributed by atoms with Gasteiger partial charge in [0.25, 0.3) is 10.0 Å². The van der Waals surface area contributed by atoms with E-state index in [1.165, 1.54) is 6.20 Å². The smallest absolute Gasteiger partial charge is 0.263 e. The first-order valence-electron chi connectivity index (χ1n) is 4.99. The summed E-state index contributed by atoms with van der Waals surface area (Å²) in [6, 6.07) is 12.5. The van der Waals surface area contributed by atoms with E-state index in [1.54, 1.807) is 36.4 Å². The van der Waals surface area contributed by atoms with Gasteiger partial charge in [-0.1, -0.05) is 17.7 Å². The minimum atomic E-state index is -3.56.